The van der Waals surface area contributed by atoms with Crippen molar-refractivity contribution >= 4 is 21.8 Å². The molecule has 128 valence electrons. The Morgan fingerprint density at radius 3 is 2.38 bits per heavy atom. The fourth-order valence-electron chi connectivity index (χ4n) is 2.29. The van der Waals surface area contributed by atoms with Crippen molar-refractivity contribution in [3.63, 3.8) is 0 Å². The second kappa shape index (κ2) is 8.34. The maximum absolute atomic E-state index is 11.9. The van der Waals surface area contributed by atoms with Gasteiger partial charge < -0.3 is 10.1 Å². The summed E-state index contributed by atoms with van der Waals surface area (Å²) in [6.45, 7) is 7.50. The Morgan fingerprint density at radius 2 is 1.75 bits per heavy atom. The standard InChI is InChI=1S/C20H24BrNO2/c1-20(2,3)16-8-10-17(11-9-16)24-13-12-22-19(23)14-15-6-4-5-7-18(15)21/h4-11H,12-14H2,1-3H3,(H,22,23). The van der Waals surface area contributed by atoms with Crippen molar-refractivity contribution < 1.29 is 9.53 Å². The van der Waals surface area contributed by atoms with Gasteiger partial charge >= 0.3 is 0 Å². The normalized spacial score (nSPS) is 11.2. The molecule has 0 aromatic heterocycles. The minimum Gasteiger partial charge on any atom is -0.492 e. The smallest absolute Gasteiger partial charge is 0.224 e. The Balaban J connectivity index is 1.73. The van der Waals surface area contributed by atoms with Gasteiger partial charge in [0.15, 0.2) is 0 Å². The summed E-state index contributed by atoms with van der Waals surface area (Å²) >= 11 is 3.45. The lowest BCUT2D eigenvalue weighted by Gasteiger charge is -2.19. The van der Waals surface area contributed by atoms with Gasteiger partial charge in [0.1, 0.15) is 12.4 Å². The van der Waals surface area contributed by atoms with Crippen LogP contribution in [0, 0.1) is 0 Å². The van der Waals surface area contributed by atoms with E-state index in [1.165, 1.54) is 5.56 Å². The number of amides is 1. The topological polar surface area (TPSA) is 38.3 Å². The van der Waals surface area contributed by atoms with E-state index >= 15 is 0 Å². The van der Waals surface area contributed by atoms with Crippen LogP contribution in [0.3, 0.4) is 0 Å². The minimum atomic E-state index is -0.00594. The van der Waals surface area contributed by atoms with Crippen molar-refractivity contribution in [2.75, 3.05) is 13.2 Å². The van der Waals surface area contributed by atoms with Crippen molar-refractivity contribution in [2.24, 2.45) is 0 Å². The number of benzene rings is 2. The van der Waals surface area contributed by atoms with Gasteiger partial charge in [0, 0.05) is 4.47 Å². The monoisotopic (exact) mass is 389 g/mol. The van der Waals surface area contributed by atoms with E-state index in [-0.39, 0.29) is 11.3 Å². The van der Waals surface area contributed by atoms with Crippen molar-refractivity contribution in [3.05, 3.63) is 64.1 Å². The third-order valence-corrected chi connectivity index (χ3v) is 4.50. The first kappa shape index (κ1) is 18.5. The van der Waals surface area contributed by atoms with Crippen LogP contribution in [0.1, 0.15) is 31.9 Å². The molecule has 0 aliphatic carbocycles. The first-order valence-electron chi connectivity index (χ1n) is 8.10. The lowest BCUT2D eigenvalue weighted by Crippen LogP contribution is -2.29. The molecule has 0 spiro atoms. The summed E-state index contributed by atoms with van der Waals surface area (Å²) < 4.78 is 6.63. The van der Waals surface area contributed by atoms with Gasteiger partial charge in [-0.2, -0.15) is 0 Å². The molecule has 0 saturated carbocycles. The van der Waals surface area contributed by atoms with Crippen LogP contribution in [0.5, 0.6) is 5.75 Å². The van der Waals surface area contributed by atoms with E-state index in [0.717, 1.165) is 15.8 Å². The van der Waals surface area contributed by atoms with Crippen molar-refractivity contribution in [3.8, 4) is 5.75 Å². The summed E-state index contributed by atoms with van der Waals surface area (Å²) in [6.07, 6.45) is 0.363. The van der Waals surface area contributed by atoms with Gasteiger partial charge in [0.05, 0.1) is 13.0 Å². The average Bonchev–Trinajstić information content (AvgIpc) is 2.53. The quantitative estimate of drug-likeness (QED) is 0.739. The number of rotatable bonds is 6. The fraction of sp³-hybridized carbons (Fsp3) is 0.350. The molecule has 2 aromatic rings. The molecule has 0 atom stereocenters. The Bertz CT molecular complexity index is 675. The van der Waals surface area contributed by atoms with Crippen LogP contribution in [-0.2, 0) is 16.6 Å². The highest BCUT2D eigenvalue weighted by molar-refractivity contribution is 9.10. The molecule has 0 fully saturated rings. The predicted octanol–water partition coefficient (Wildman–Crippen LogP) is 4.48. The second-order valence-electron chi connectivity index (χ2n) is 6.74. The zero-order valence-corrected chi connectivity index (χ0v) is 16.0. The van der Waals surface area contributed by atoms with Gasteiger partial charge in [-0.25, -0.2) is 0 Å². The number of ether oxygens (including phenoxy) is 1. The molecule has 4 heteroatoms. The van der Waals surface area contributed by atoms with Crippen LogP contribution in [0.25, 0.3) is 0 Å². The first-order valence-corrected chi connectivity index (χ1v) is 8.89. The molecule has 0 saturated heterocycles. The number of hydrogen-bond acceptors (Lipinski definition) is 2. The predicted molar refractivity (Wildman–Crippen MR) is 101 cm³/mol. The van der Waals surface area contributed by atoms with Crippen LogP contribution in [0.2, 0.25) is 0 Å². The zero-order valence-electron chi connectivity index (χ0n) is 14.4. The third-order valence-electron chi connectivity index (χ3n) is 3.72. The van der Waals surface area contributed by atoms with Crippen molar-refractivity contribution in [2.45, 2.75) is 32.6 Å². The van der Waals surface area contributed by atoms with Crippen molar-refractivity contribution in [1.82, 2.24) is 5.32 Å². The van der Waals surface area contributed by atoms with E-state index in [2.05, 4.69) is 54.2 Å². The molecular weight excluding hydrogens is 366 g/mol. The number of nitrogens with one attached hydrogen (secondary N) is 1. The highest BCUT2D eigenvalue weighted by Gasteiger charge is 2.13. The number of carbonyl (C=O) groups excluding carboxylic acids is 1. The maximum atomic E-state index is 11.9. The first-order chi connectivity index (χ1) is 11.4. The van der Waals surface area contributed by atoms with Gasteiger partial charge in [-0.15, -0.1) is 0 Å². The molecule has 0 aliphatic rings. The highest BCUT2D eigenvalue weighted by atomic mass is 79.9. The number of carbonyl (C=O) groups is 1. The summed E-state index contributed by atoms with van der Waals surface area (Å²) in [5.74, 6) is 0.816. The van der Waals surface area contributed by atoms with E-state index in [9.17, 15) is 4.79 Å². The Labute approximate surface area is 152 Å². The molecule has 1 N–H and O–H groups in total. The summed E-state index contributed by atoms with van der Waals surface area (Å²) in [6, 6.07) is 15.9. The summed E-state index contributed by atoms with van der Waals surface area (Å²) in [5, 5.41) is 2.88. The van der Waals surface area contributed by atoms with Crippen LogP contribution in [-0.4, -0.2) is 19.1 Å². The lowest BCUT2D eigenvalue weighted by molar-refractivity contribution is -0.120. The molecule has 2 aromatic carbocycles. The molecule has 0 heterocycles. The SMILES string of the molecule is CC(C)(C)c1ccc(OCCNC(=O)Cc2ccccc2Br)cc1. The molecule has 24 heavy (non-hydrogen) atoms. The molecular formula is C20H24BrNO2. The van der Waals surface area contributed by atoms with E-state index in [4.69, 9.17) is 4.74 Å². The van der Waals surface area contributed by atoms with E-state index in [1.54, 1.807) is 0 Å². The molecule has 0 bridgehead atoms. The number of halogens is 1. The molecule has 0 radical (unpaired) electrons. The molecule has 1 amide bonds. The molecule has 0 unspecified atom stereocenters. The van der Waals surface area contributed by atoms with E-state index < -0.39 is 0 Å². The minimum absolute atomic E-state index is 0.00594. The number of hydrogen-bond donors (Lipinski definition) is 1. The van der Waals surface area contributed by atoms with Crippen molar-refractivity contribution in [1.29, 1.82) is 0 Å². The second-order valence-corrected chi connectivity index (χ2v) is 7.60. The highest BCUT2D eigenvalue weighted by Crippen LogP contribution is 2.24. The average molecular weight is 390 g/mol. The van der Waals surface area contributed by atoms with E-state index in [0.29, 0.717) is 19.6 Å². The Hall–Kier alpha value is -1.81. The van der Waals surface area contributed by atoms with Gasteiger partial charge in [0.25, 0.3) is 0 Å². The van der Waals surface area contributed by atoms with Gasteiger partial charge in [-0.1, -0.05) is 67.0 Å². The molecule has 0 aliphatic heterocycles. The summed E-state index contributed by atoms with van der Waals surface area (Å²) in [7, 11) is 0. The zero-order chi connectivity index (χ0) is 17.6. The van der Waals surface area contributed by atoms with Gasteiger partial charge in [0.2, 0.25) is 5.91 Å². The molecule has 3 nitrogen and oxygen atoms in total. The van der Waals surface area contributed by atoms with E-state index in [1.807, 2.05) is 36.4 Å². The van der Waals surface area contributed by atoms with Crippen LogP contribution >= 0.6 is 15.9 Å². The Morgan fingerprint density at radius 1 is 1.08 bits per heavy atom. The maximum Gasteiger partial charge on any atom is 0.224 e. The molecule has 2 rings (SSSR count). The summed E-state index contributed by atoms with van der Waals surface area (Å²) in [5.41, 5.74) is 2.39. The third kappa shape index (κ3) is 5.68. The fourth-order valence-corrected chi connectivity index (χ4v) is 2.71. The summed E-state index contributed by atoms with van der Waals surface area (Å²) in [4.78, 5) is 11.9. The largest absolute Gasteiger partial charge is 0.492 e. The van der Waals surface area contributed by atoms with Crippen LogP contribution in [0.15, 0.2) is 53.0 Å². The van der Waals surface area contributed by atoms with Gasteiger partial charge in [-0.05, 0) is 34.7 Å². The Kier molecular flexibility index (Phi) is 6.44. The van der Waals surface area contributed by atoms with Gasteiger partial charge in [-0.3, -0.25) is 4.79 Å². The van der Waals surface area contributed by atoms with Crippen LogP contribution < -0.4 is 10.1 Å². The van der Waals surface area contributed by atoms with Crippen LogP contribution in [0.4, 0.5) is 0 Å². The lowest BCUT2D eigenvalue weighted by atomic mass is 9.87.